The molecule has 1 aromatic rings. The number of benzene rings is 1. The van der Waals surface area contributed by atoms with E-state index in [1.807, 2.05) is 13.8 Å². The molecule has 0 spiro atoms. The lowest BCUT2D eigenvalue weighted by molar-refractivity contribution is 0.0587. The number of ether oxygens (including phenoxy) is 1. The van der Waals surface area contributed by atoms with Crippen molar-refractivity contribution in [2.45, 2.75) is 20.3 Å². The highest BCUT2D eigenvalue weighted by atomic mass is 16.6. The van der Waals surface area contributed by atoms with Crippen molar-refractivity contribution in [3.05, 3.63) is 34.9 Å². The maximum atomic E-state index is 12.0. The van der Waals surface area contributed by atoms with Gasteiger partial charge in [-0.25, -0.2) is 4.79 Å². The number of amides is 3. The number of hydrogen-bond acceptors (Lipinski definition) is 4. The van der Waals surface area contributed by atoms with E-state index in [-0.39, 0.29) is 17.7 Å². The van der Waals surface area contributed by atoms with Crippen molar-refractivity contribution < 1.29 is 19.1 Å². The quantitative estimate of drug-likeness (QED) is 0.751. The van der Waals surface area contributed by atoms with Gasteiger partial charge in [0.15, 0.2) is 0 Å². The molecule has 1 aromatic carbocycles. The second-order valence-electron chi connectivity index (χ2n) is 4.11. The first-order valence-electron chi connectivity index (χ1n) is 5.72. The average molecular weight is 247 g/mol. The largest absolute Gasteiger partial charge is 0.449 e. The fourth-order valence-corrected chi connectivity index (χ4v) is 1.77. The Morgan fingerprint density at radius 2 is 1.89 bits per heavy atom. The van der Waals surface area contributed by atoms with E-state index >= 15 is 0 Å². The van der Waals surface area contributed by atoms with Crippen LogP contribution in [0.3, 0.4) is 0 Å². The molecule has 1 aliphatic heterocycles. The van der Waals surface area contributed by atoms with Crippen LogP contribution in [0.1, 0.15) is 39.6 Å². The zero-order valence-electron chi connectivity index (χ0n) is 10.2. The first-order chi connectivity index (χ1) is 8.56. The molecule has 18 heavy (non-hydrogen) atoms. The number of rotatable bonds is 2. The number of carbonyl (C=O) groups is 3. The van der Waals surface area contributed by atoms with E-state index in [1.54, 1.807) is 18.2 Å². The lowest BCUT2D eigenvalue weighted by Gasteiger charge is -2.11. The van der Waals surface area contributed by atoms with Gasteiger partial charge in [0, 0.05) is 0 Å². The summed E-state index contributed by atoms with van der Waals surface area (Å²) in [5.41, 5.74) is 1.37. The first-order valence-corrected chi connectivity index (χ1v) is 5.72. The standard InChI is InChI=1S/C13H13NO4/c1-3-6-18-13(17)14-11(15)9-5-4-8(2)7-10(9)12(14)16/h4-5,7H,3,6H2,1-2H3. The van der Waals surface area contributed by atoms with Gasteiger partial charge in [-0.3, -0.25) is 9.59 Å². The van der Waals surface area contributed by atoms with E-state index < -0.39 is 17.9 Å². The predicted molar refractivity (Wildman–Crippen MR) is 63.3 cm³/mol. The van der Waals surface area contributed by atoms with Gasteiger partial charge in [0.2, 0.25) is 0 Å². The summed E-state index contributed by atoms with van der Waals surface area (Å²) >= 11 is 0. The van der Waals surface area contributed by atoms with Crippen molar-refractivity contribution in [1.29, 1.82) is 0 Å². The highest BCUT2D eigenvalue weighted by Gasteiger charge is 2.40. The molecule has 0 aromatic heterocycles. The molecular formula is C13H13NO4. The average Bonchev–Trinajstić information content (AvgIpc) is 2.59. The number of aryl methyl sites for hydroxylation is 1. The van der Waals surface area contributed by atoms with E-state index in [1.165, 1.54) is 0 Å². The first kappa shape index (κ1) is 12.3. The fourth-order valence-electron chi connectivity index (χ4n) is 1.77. The van der Waals surface area contributed by atoms with Crippen molar-refractivity contribution >= 4 is 17.9 Å². The Hall–Kier alpha value is -2.17. The third-order valence-corrected chi connectivity index (χ3v) is 2.65. The van der Waals surface area contributed by atoms with Gasteiger partial charge in [-0.15, -0.1) is 0 Å². The van der Waals surface area contributed by atoms with Gasteiger partial charge in [-0.05, 0) is 25.5 Å². The van der Waals surface area contributed by atoms with Crippen molar-refractivity contribution in [2.24, 2.45) is 0 Å². The number of hydrogen-bond donors (Lipinski definition) is 0. The van der Waals surface area contributed by atoms with Gasteiger partial charge < -0.3 is 4.74 Å². The van der Waals surface area contributed by atoms with Crippen LogP contribution < -0.4 is 0 Å². The van der Waals surface area contributed by atoms with E-state index in [0.29, 0.717) is 11.3 Å². The maximum absolute atomic E-state index is 12.0. The normalized spacial score (nSPS) is 13.8. The Bertz CT molecular complexity index is 536. The molecule has 0 radical (unpaired) electrons. The Morgan fingerprint density at radius 1 is 1.22 bits per heavy atom. The number of fused-ring (bicyclic) bond motifs is 1. The van der Waals surface area contributed by atoms with Crippen LogP contribution in [0.15, 0.2) is 18.2 Å². The molecule has 5 heteroatoms. The van der Waals surface area contributed by atoms with Crippen molar-refractivity contribution in [1.82, 2.24) is 4.90 Å². The summed E-state index contributed by atoms with van der Waals surface area (Å²) < 4.78 is 4.82. The molecule has 1 aliphatic rings. The molecule has 0 saturated carbocycles. The minimum absolute atomic E-state index is 0.186. The Morgan fingerprint density at radius 3 is 2.56 bits per heavy atom. The van der Waals surface area contributed by atoms with Gasteiger partial charge in [0.25, 0.3) is 11.8 Å². The van der Waals surface area contributed by atoms with Gasteiger partial charge in [-0.1, -0.05) is 18.6 Å². The lowest BCUT2D eigenvalue weighted by atomic mass is 10.1. The summed E-state index contributed by atoms with van der Waals surface area (Å²) in [4.78, 5) is 36.1. The summed E-state index contributed by atoms with van der Waals surface area (Å²) in [6.07, 6.45) is -0.269. The van der Waals surface area contributed by atoms with Crippen molar-refractivity contribution in [2.75, 3.05) is 6.61 Å². The number of carbonyl (C=O) groups excluding carboxylic acids is 3. The molecule has 2 rings (SSSR count). The highest BCUT2D eigenvalue weighted by molar-refractivity contribution is 6.28. The van der Waals surface area contributed by atoms with Crippen LogP contribution >= 0.6 is 0 Å². The second kappa shape index (κ2) is 4.60. The number of nitrogens with zero attached hydrogens (tertiary/aromatic N) is 1. The molecule has 0 unspecified atom stereocenters. The summed E-state index contributed by atoms with van der Waals surface area (Å²) in [7, 11) is 0. The topological polar surface area (TPSA) is 63.7 Å². The van der Waals surface area contributed by atoms with E-state index in [9.17, 15) is 14.4 Å². The molecule has 0 atom stereocenters. The van der Waals surface area contributed by atoms with Gasteiger partial charge >= 0.3 is 6.09 Å². The van der Waals surface area contributed by atoms with Crippen LogP contribution in [0.2, 0.25) is 0 Å². The van der Waals surface area contributed by atoms with Crippen molar-refractivity contribution in [3.63, 3.8) is 0 Å². The molecular weight excluding hydrogens is 234 g/mol. The van der Waals surface area contributed by atoms with Crippen LogP contribution in [0.5, 0.6) is 0 Å². The maximum Gasteiger partial charge on any atom is 0.424 e. The molecule has 3 amide bonds. The molecule has 0 aliphatic carbocycles. The fraction of sp³-hybridized carbons (Fsp3) is 0.308. The minimum Gasteiger partial charge on any atom is -0.449 e. The summed E-state index contributed by atoms with van der Waals surface area (Å²) in [5, 5.41) is 0. The van der Waals surface area contributed by atoms with Crippen LogP contribution in [0.25, 0.3) is 0 Å². The Labute approximate surface area is 104 Å². The summed E-state index contributed by atoms with van der Waals surface area (Å²) in [6, 6.07) is 4.88. The monoisotopic (exact) mass is 247 g/mol. The molecule has 5 nitrogen and oxygen atoms in total. The van der Waals surface area contributed by atoms with Crippen LogP contribution in [-0.2, 0) is 4.74 Å². The summed E-state index contributed by atoms with van der Waals surface area (Å²) in [5.74, 6) is -1.23. The number of imide groups is 3. The molecule has 94 valence electrons. The molecule has 0 N–H and O–H groups in total. The zero-order chi connectivity index (χ0) is 13.3. The Balaban J connectivity index is 2.31. The second-order valence-corrected chi connectivity index (χ2v) is 4.11. The Kier molecular flexibility index (Phi) is 3.14. The van der Waals surface area contributed by atoms with Gasteiger partial charge in [0.05, 0.1) is 17.7 Å². The predicted octanol–water partition coefficient (Wildman–Crippen LogP) is 2.14. The van der Waals surface area contributed by atoms with Crippen LogP contribution in [-0.4, -0.2) is 29.4 Å². The van der Waals surface area contributed by atoms with Crippen molar-refractivity contribution in [3.8, 4) is 0 Å². The van der Waals surface area contributed by atoms with E-state index in [0.717, 1.165) is 5.56 Å². The van der Waals surface area contributed by atoms with Crippen LogP contribution in [0, 0.1) is 6.92 Å². The molecule has 0 fully saturated rings. The molecule has 1 heterocycles. The smallest absolute Gasteiger partial charge is 0.424 e. The third-order valence-electron chi connectivity index (χ3n) is 2.65. The van der Waals surface area contributed by atoms with Gasteiger partial charge in [-0.2, -0.15) is 4.90 Å². The van der Waals surface area contributed by atoms with E-state index in [4.69, 9.17) is 4.74 Å². The minimum atomic E-state index is -0.902. The van der Waals surface area contributed by atoms with Crippen LogP contribution in [0.4, 0.5) is 4.79 Å². The van der Waals surface area contributed by atoms with E-state index in [2.05, 4.69) is 0 Å². The molecule has 0 bridgehead atoms. The zero-order valence-corrected chi connectivity index (χ0v) is 10.2. The molecule has 0 saturated heterocycles. The van der Waals surface area contributed by atoms with Gasteiger partial charge in [0.1, 0.15) is 0 Å². The lowest BCUT2D eigenvalue weighted by Crippen LogP contribution is -2.36. The third kappa shape index (κ3) is 1.88. The SMILES string of the molecule is CCCOC(=O)N1C(=O)c2ccc(C)cc2C1=O. The summed E-state index contributed by atoms with van der Waals surface area (Å²) in [6.45, 7) is 3.83. The highest BCUT2D eigenvalue weighted by Crippen LogP contribution is 2.24.